The lowest BCUT2D eigenvalue weighted by molar-refractivity contribution is 0.102. The highest BCUT2D eigenvalue weighted by molar-refractivity contribution is 6.04. The topological polar surface area (TPSA) is 76.1 Å². The molecule has 0 spiro atoms. The molecule has 0 unspecified atom stereocenters. The summed E-state index contributed by atoms with van der Waals surface area (Å²) in [5.74, 6) is 1.65. The van der Waals surface area contributed by atoms with Gasteiger partial charge < -0.3 is 15.4 Å². The number of carbonyl (C=O) groups excluding carboxylic acids is 1. The normalized spacial score (nSPS) is 13.9. The maximum Gasteiger partial charge on any atom is 0.274 e. The fourth-order valence-corrected chi connectivity index (χ4v) is 3.30. The highest BCUT2D eigenvalue weighted by atomic mass is 16.5. The number of amides is 1. The van der Waals surface area contributed by atoms with Crippen molar-refractivity contribution < 1.29 is 9.53 Å². The highest BCUT2D eigenvalue weighted by Crippen LogP contribution is 2.29. The van der Waals surface area contributed by atoms with Crippen molar-refractivity contribution in [2.75, 3.05) is 10.6 Å². The van der Waals surface area contributed by atoms with Crippen LogP contribution in [0, 0.1) is 0 Å². The van der Waals surface area contributed by atoms with Gasteiger partial charge in [0.2, 0.25) is 0 Å². The van der Waals surface area contributed by atoms with Crippen LogP contribution in [-0.2, 0) is 0 Å². The molecule has 0 aliphatic heterocycles. The Morgan fingerprint density at radius 1 is 0.964 bits per heavy atom. The number of aromatic nitrogens is 2. The summed E-state index contributed by atoms with van der Waals surface area (Å²) in [5.41, 5.74) is 0.894. The summed E-state index contributed by atoms with van der Waals surface area (Å²) in [7, 11) is 0. The predicted molar refractivity (Wildman–Crippen MR) is 109 cm³/mol. The van der Waals surface area contributed by atoms with Gasteiger partial charge >= 0.3 is 0 Å². The summed E-state index contributed by atoms with van der Waals surface area (Å²) in [4.78, 5) is 21.1. The van der Waals surface area contributed by atoms with Gasteiger partial charge in [0.1, 0.15) is 23.6 Å². The van der Waals surface area contributed by atoms with Gasteiger partial charge in [-0.25, -0.2) is 9.97 Å². The predicted octanol–water partition coefficient (Wildman–Crippen LogP) is 4.88. The van der Waals surface area contributed by atoms with E-state index in [-0.39, 0.29) is 5.91 Å². The maximum absolute atomic E-state index is 12.7. The fraction of sp³-hybridized carbons (Fsp3) is 0.227. The zero-order valence-electron chi connectivity index (χ0n) is 15.5. The second-order valence-electron chi connectivity index (χ2n) is 6.78. The number of nitrogens with one attached hydrogen (secondary N) is 2. The smallest absolute Gasteiger partial charge is 0.274 e. The van der Waals surface area contributed by atoms with Gasteiger partial charge in [0, 0.05) is 12.1 Å². The van der Waals surface area contributed by atoms with Crippen molar-refractivity contribution in [2.45, 2.75) is 31.7 Å². The second kappa shape index (κ2) is 8.52. The van der Waals surface area contributed by atoms with Crippen LogP contribution in [0.1, 0.15) is 36.2 Å². The average Bonchev–Trinajstić information content (AvgIpc) is 3.23. The van der Waals surface area contributed by atoms with E-state index in [2.05, 4.69) is 20.6 Å². The van der Waals surface area contributed by atoms with Crippen molar-refractivity contribution in [3.05, 3.63) is 72.7 Å². The lowest BCUT2D eigenvalue weighted by Crippen LogP contribution is -2.18. The number of rotatable bonds is 6. The molecule has 3 aromatic rings. The largest absolute Gasteiger partial charge is 0.455 e. The van der Waals surface area contributed by atoms with Crippen molar-refractivity contribution in [1.29, 1.82) is 0 Å². The molecule has 4 rings (SSSR count). The van der Waals surface area contributed by atoms with Crippen LogP contribution in [-0.4, -0.2) is 21.9 Å². The first-order valence-electron chi connectivity index (χ1n) is 9.50. The molecule has 0 bridgehead atoms. The van der Waals surface area contributed by atoms with E-state index >= 15 is 0 Å². The molecule has 0 atom stereocenters. The number of benzene rings is 2. The van der Waals surface area contributed by atoms with Crippen LogP contribution >= 0.6 is 0 Å². The van der Waals surface area contributed by atoms with Gasteiger partial charge in [-0.2, -0.15) is 0 Å². The third kappa shape index (κ3) is 4.46. The minimum Gasteiger partial charge on any atom is -0.455 e. The van der Waals surface area contributed by atoms with Crippen LogP contribution in [0.15, 0.2) is 67.0 Å². The minimum absolute atomic E-state index is 0.305. The van der Waals surface area contributed by atoms with Crippen molar-refractivity contribution in [2.24, 2.45) is 0 Å². The number of ether oxygens (including phenoxy) is 1. The van der Waals surface area contributed by atoms with Gasteiger partial charge in [-0.3, -0.25) is 4.79 Å². The Labute approximate surface area is 164 Å². The Morgan fingerprint density at radius 2 is 1.71 bits per heavy atom. The van der Waals surface area contributed by atoms with E-state index in [9.17, 15) is 4.79 Å². The molecule has 1 fully saturated rings. The van der Waals surface area contributed by atoms with E-state index in [1.807, 2.05) is 48.5 Å². The summed E-state index contributed by atoms with van der Waals surface area (Å²) >= 11 is 0. The molecule has 0 saturated heterocycles. The SMILES string of the molecule is O=C(Nc1ccccc1Oc1ccccc1)c1cc(NC2CCCC2)ncn1. The molecule has 1 aliphatic rings. The molecule has 2 N–H and O–H groups in total. The van der Waals surface area contributed by atoms with Gasteiger partial charge in [-0.1, -0.05) is 43.2 Å². The van der Waals surface area contributed by atoms with E-state index in [4.69, 9.17) is 4.74 Å². The number of carbonyl (C=O) groups is 1. The van der Waals surface area contributed by atoms with E-state index in [0.717, 1.165) is 12.8 Å². The number of hydrogen-bond donors (Lipinski definition) is 2. The molecule has 2 aromatic carbocycles. The molecule has 6 heteroatoms. The van der Waals surface area contributed by atoms with Gasteiger partial charge in [0.25, 0.3) is 5.91 Å². The Bertz CT molecular complexity index is 940. The molecule has 1 saturated carbocycles. The first-order chi connectivity index (χ1) is 13.8. The first kappa shape index (κ1) is 18.0. The summed E-state index contributed by atoms with van der Waals surface area (Å²) in [6.45, 7) is 0. The molecule has 1 aromatic heterocycles. The zero-order chi connectivity index (χ0) is 19.2. The van der Waals surface area contributed by atoms with Crippen LogP contribution in [0.5, 0.6) is 11.5 Å². The summed E-state index contributed by atoms with van der Waals surface area (Å²) < 4.78 is 5.90. The Kier molecular flexibility index (Phi) is 5.47. The van der Waals surface area contributed by atoms with Crippen LogP contribution in [0.3, 0.4) is 0 Å². The number of para-hydroxylation sites is 3. The second-order valence-corrected chi connectivity index (χ2v) is 6.78. The van der Waals surface area contributed by atoms with E-state index < -0.39 is 0 Å². The molecular weight excluding hydrogens is 352 g/mol. The van der Waals surface area contributed by atoms with E-state index in [0.29, 0.717) is 34.7 Å². The van der Waals surface area contributed by atoms with E-state index in [1.54, 1.807) is 12.1 Å². The Hall–Kier alpha value is -3.41. The van der Waals surface area contributed by atoms with Crippen molar-refractivity contribution in [1.82, 2.24) is 9.97 Å². The summed E-state index contributed by atoms with van der Waals surface area (Å²) in [6.07, 6.45) is 6.15. The molecule has 0 radical (unpaired) electrons. The third-order valence-electron chi connectivity index (χ3n) is 4.71. The molecule has 6 nitrogen and oxygen atoms in total. The number of nitrogens with zero attached hydrogens (tertiary/aromatic N) is 2. The van der Waals surface area contributed by atoms with Gasteiger partial charge in [0.05, 0.1) is 5.69 Å². The number of hydrogen-bond acceptors (Lipinski definition) is 5. The van der Waals surface area contributed by atoms with Gasteiger partial charge in [-0.05, 0) is 37.1 Å². The standard InChI is InChI=1S/C22H22N4O2/c27-22(19-14-21(24-15-23-19)25-16-8-4-5-9-16)26-18-12-6-7-13-20(18)28-17-10-2-1-3-11-17/h1-3,6-7,10-16H,4-5,8-9H2,(H,26,27)(H,23,24,25). The Balaban J connectivity index is 1.48. The van der Waals surface area contributed by atoms with Crippen LogP contribution in [0.2, 0.25) is 0 Å². The Morgan fingerprint density at radius 3 is 2.54 bits per heavy atom. The molecule has 1 amide bonds. The average molecular weight is 374 g/mol. The first-order valence-corrected chi connectivity index (χ1v) is 9.50. The van der Waals surface area contributed by atoms with Crippen molar-refractivity contribution in [3.63, 3.8) is 0 Å². The van der Waals surface area contributed by atoms with Crippen molar-refractivity contribution in [3.8, 4) is 11.5 Å². The molecular formula is C22H22N4O2. The number of anilines is 2. The fourth-order valence-electron chi connectivity index (χ4n) is 3.30. The summed E-state index contributed by atoms with van der Waals surface area (Å²) in [6, 6.07) is 18.9. The van der Waals surface area contributed by atoms with Gasteiger partial charge in [-0.15, -0.1) is 0 Å². The summed E-state index contributed by atoms with van der Waals surface area (Å²) in [5, 5.41) is 6.27. The highest BCUT2D eigenvalue weighted by Gasteiger charge is 2.17. The lowest BCUT2D eigenvalue weighted by atomic mass is 10.2. The monoisotopic (exact) mass is 374 g/mol. The van der Waals surface area contributed by atoms with E-state index in [1.165, 1.54) is 19.2 Å². The molecule has 142 valence electrons. The lowest BCUT2D eigenvalue weighted by Gasteiger charge is -2.14. The van der Waals surface area contributed by atoms with Crippen molar-refractivity contribution >= 4 is 17.4 Å². The molecule has 28 heavy (non-hydrogen) atoms. The molecule has 1 heterocycles. The molecule has 1 aliphatic carbocycles. The quantitative estimate of drug-likeness (QED) is 0.643. The minimum atomic E-state index is -0.305. The maximum atomic E-state index is 12.7. The van der Waals surface area contributed by atoms with Crippen LogP contribution in [0.4, 0.5) is 11.5 Å². The zero-order valence-corrected chi connectivity index (χ0v) is 15.5. The van der Waals surface area contributed by atoms with Gasteiger partial charge in [0.15, 0.2) is 5.75 Å². The van der Waals surface area contributed by atoms with Crippen LogP contribution in [0.25, 0.3) is 0 Å². The third-order valence-corrected chi connectivity index (χ3v) is 4.71. The van der Waals surface area contributed by atoms with Crippen LogP contribution < -0.4 is 15.4 Å².